The van der Waals surface area contributed by atoms with Crippen LogP contribution in [0.2, 0.25) is 0 Å². The number of hydrogen-bond donors (Lipinski definition) is 2. The lowest BCUT2D eigenvalue weighted by Gasteiger charge is -2.39. The first kappa shape index (κ1) is 12.8. The molecule has 0 aromatic rings. The number of rotatable bonds is 4. The fourth-order valence-corrected chi connectivity index (χ4v) is 1.86. The van der Waals surface area contributed by atoms with E-state index in [-0.39, 0.29) is 17.5 Å². The second kappa shape index (κ2) is 4.72. The molecule has 2 amide bonds. The summed E-state index contributed by atoms with van der Waals surface area (Å²) in [6.45, 7) is 6.66. The largest absolute Gasteiger partial charge is 0.481 e. The van der Waals surface area contributed by atoms with E-state index in [9.17, 15) is 9.59 Å². The molecule has 0 unspecified atom stereocenters. The molecule has 1 fully saturated rings. The normalized spacial score (nSPS) is 16.8. The van der Waals surface area contributed by atoms with Crippen LogP contribution in [-0.4, -0.2) is 40.6 Å². The molecule has 1 aliphatic rings. The molecular weight excluding hydrogens is 208 g/mol. The van der Waals surface area contributed by atoms with Gasteiger partial charge in [-0.05, 0) is 20.3 Å². The number of carboxylic acids is 1. The molecule has 92 valence electrons. The Morgan fingerprint density at radius 3 is 2.44 bits per heavy atom. The van der Waals surface area contributed by atoms with Crippen molar-refractivity contribution in [1.29, 1.82) is 0 Å². The van der Waals surface area contributed by atoms with Crippen molar-refractivity contribution in [2.75, 3.05) is 13.1 Å². The molecule has 0 spiro atoms. The molecule has 2 N–H and O–H groups in total. The highest BCUT2D eigenvalue weighted by Gasteiger charge is 2.36. The summed E-state index contributed by atoms with van der Waals surface area (Å²) in [4.78, 5) is 23.8. The number of urea groups is 1. The van der Waals surface area contributed by atoms with E-state index in [1.807, 2.05) is 13.8 Å². The van der Waals surface area contributed by atoms with E-state index in [0.29, 0.717) is 13.1 Å². The molecule has 0 radical (unpaired) electrons. The molecule has 1 rings (SSSR count). The van der Waals surface area contributed by atoms with Crippen molar-refractivity contribution in [1.82, 2.24) is 10.2 Å². The van der Waals surface area contributed by atoms with Gasteiger partial charge in [-0.25, -0.2) is 4.79 Å². The third-order valence-corrected chi connectivity index (χ3v) is 2.84. The summed E-state index contributed by atoms with van der Waals surface area (Å²) in [5.74, 6) is -1.21. The molecule has 0 atom stereocenters. The molecule has 0 bridgehead atoms. The summed E-state index contributed by atoms with van der Waals surface area (Å²) in [5.41, 5.74) is -0.222. The Balaban J connectivity index is 2.35. The number of nitrogens with zero attached hydrogens (tertiary/aromatic N) is 1. The monoisotopic (exact) mass is 228 g/mol. The van der Waals surface area contributed by atoms with Gasteiger partial charge in [-0.1, -0.05) is 13.3 Å². The lowest BCUT2D eigenvalue weighted by Crippen LogP contribution is -2.59. The molecular formula is C11H20N2O3. The zero-order chi connectivity index (χ0) is 12.3. The van der Waals surface area contributed by atoms with E-state index in [2.05, 4.69) is 12.2 Å². The lowest BCUT2D eigenvalue weighted by molar-refractivity contribution is -0.146. The van der Waals surface area contributed by atoms with Crippen LogP contribution < -0.4 is 5.32 Å². The van der Waals surface area contributed by atoms with Gasteiger partial charge in [0.15, 0.2) is 0 Å². The molecule has 0 aliphatic carbocycles. The van der Waals surface area contributed by atoms with Gasteiger partial charge >= 0.3 is 12.0 Å². The maximum Gasteiger partial charge on any atom is 0.317 e. The second-order valence-electron chi connectivity index (χ2n) is 5.00. The van der Waals surface area contributed by atoms with Crippen LogP contribution in [0.4, 0.5) is 4.79 Å². The van der Waals surface area contributed by atoms with Crippen LogP contribution in [0.3, 0.4) is 0 Å². The van der Waals surface area contributed by atoms with Crippen LogP contribution in [0.5, 0.6) is 0 Å². The molecule has 5 heteroatoms. The minimum atomic E-state index is -0.822. The van der Waals surface area contributed by atoms with E-state index in [1.165, 1.54) is 4.90 Å². The van der Waals surface area contributed by atoms with E-state index < -0.39 is 5.97 Å². The maximum atomic E-state index is 11.7. The zero-order valence-electron chi connectivity index (χ0n) is 10.1. The van der Waals surface area contributed by atoms with Crippen LogP contribution in [0, 0.1) is 5.92 Å². The van der Waals surface area contributed by atoms with Crippen LogP contribution in [0.25, 0.3) is 0 Å². The number of hydrogen-bond acceptors (Lipinski definition) is 2. The number of carbonyl (C=O) groups is 2. The van der Waals surface area contributed by atoms with Gasteiger partial charge in [0, 0.05) is 18.6 Å². The number of amides is 2. The molecule has 1 heterocycles. The first-order valence-corrected chi connectivity index (χ1v) is 5.65. The smallest absolute Gasteiger partial charge is 0.317 e. The van der Waals surface area contributed by atoms with Gasteiger partial charge in [-0.3, -0.25) is 4.79 Å². The molecule has 5 nitrogen and oxygen atoms in total. The highest BCUT2D eigenvalue weighted by Crippen LogP contribution is 2.17. The third kappa shape index (κ3) is 3.12. The van der Waals surface area contributed by atoms with Gasteiger partial charge in [0.05, 0.1) is 5.92 Å². The number of likely N-dealkylation sites (tertiary alicyclic amines) is 1. The zero-order valence-corrected chi connectivity index (χ0v) is 10.1. The number of nitrogens with one attached hydrogen (secondary N) is 1. The Kier molecular flexibility index (Phi) is 3.78. The average Bonchev–Trinajstić information content (AvgIpc) is 1.97. The van der Waals surface area contributed by atoms with Crippen LogP contribution in [-0.2, 0) is 4.79 Å². The second-order valence-corrected chi connectivity index (χ2v) is 5.00. The first-order chi connectivity index (χ1) is 7.35. The summed E-state index contributed by atoms with van der Waals surface area (Å²) >= 11 is 0. The Bertz CT molecular complexity index is 283. The minimum absolute atomic E-state index is 0.157. The highest BCUT2D eigenvalue weighted by atomic mass is 16.4. The van der Waals surface area contributed by atoms with E-state index >= 15 is 0 Å². The van der Waals surface area contributed by atoms with Crippen LogP contribution in [0.1, 0.15) is 33.6 Å². The Hall–Kier alpha value is -1.26. The van der Waals surface area contributed by atoms with Gasteiger partial charge in [0.1, 0.15) is 0 Å². The molecule has 0 aromatic carbocycles. The fraction of sp³-hybridized carbons (Fsp3) is 0.818. The molecule has 16 heavy (non-hydrogen) atoms. The predicted molar refractivity (Wildman–Crippen MR) is 60.2 cm³/mol. The van der Waals surface area contributed by atoms with Crippen molar-refractivity contribution in [3.05, 3.63) is 0 Å². The van der Waals surface area contributed by atoms with Gasteiger partial charge in [0.2, 0.25) is 0 Å². The van der Waals surface area contributed by atoms with Gasteiger partial charge in [-0.2, -0.15) is 0 Å². The summed E-state index contributed by atoms with van der Waals surface area (Å²) < 4.78 is 0. The van der Waals surface area contributed by atoms with Crippen LogP contribution >= 0.6 is 0 Å². The lowest BCUT2D eigenvalue weighted by atomic mass is 9.98. The minimum Gasteiger partial charge on any atom is -0.481 e. The average molecular weight is 228 g/mol. The van der Waals surface area contributed by atoms with Crippen molar-refractivity contribution in [3.8, 4) is 0 Å². The van der Waals surface area contributed by atoms with Crippen LogP contribution in [0.15, 0.2) is 0 Å². The van der Waals surface area contributed by atoms with Crippen molar-refractivity contribution in [2.45, 2.75) is 39.2 Å². The van der Waals surface area contributed by atoms with Crippen molar-refractivity contribution >= 4 is 12.0 Å². The fourth-order valence-electron chi connectivity index (χ4n) is 1.86. The summed E-state index contributed by atoms with van der Waals surface area (Å²) in [7, 11) is 0. The number of carbonyl (C=O) groups excluding carboxylic acids is 1. The van der Waals surface area contributed by atoms with Gasteiger partial charge in [0.25, 0.3) is 0 Å². The van der Waals surface area contributed by atoms with Gasteiger partial charge in [-0.15, -0.1) is 0 Å². The standard InChI is InChI=1S/C11H20N2O3/c1-4-5-11(2,3)12-10(16)13-6-8(7-13)9(14)15/h8H,4-7H2,1-3H3,(H,12,16)(H,14,15). The van der Waals surface area contributed by atoms with Crippen molar-refractivity contribution < 1.29 is 14.7 Å². The molecule has 1 saturated heterocycles. The Morgan fingerprint density at radius 2 is 2.00 bits per heavy atom. The summed E-state index contributed by atoms with van der Waals surface area (Å²) in [6, 6.07) is -0.157. The SMILES string of the molecule is CCCC(C)(C)NC(=O)N1CC(C(=O)O)C1. The van der Waals surface area contributed by atoms with Crippen molar-refractivity contribution in [2.24, 2.45) is 5.92 Å². The van der Waals surface area contributed by atoms with E-state index in [1.54, 1.807) is 0 Å². The number of aliphatic carboxylic acids is 1. The topological polar surface area (TPSA) is 69.6 Å². The van der Waals surface area contributed by atoms with Crippen molar-refractivity contribution in [3.63, 3.8) is 0 Å². The third-order valence-electron chi connectivity index (χ3n) is 2.84. The van der Waals surface area contributed by atoms with Gasteiger partial charge < -0.3 is 15.3 Å². The number of carboxylic acid groups (broad SMARTS) is 1. The van der Waals surface area contributed by atoms with E-state index in [4.69, 9.17) is 5.11 Å². The first-order valence-electron chi connectivity index (χ1n) is 5.65. The Labute approximate surface area is 95.8 Å². The molecule has 0 saturated carbocycles. The maximum absolute atomic E-state index is 11.7. The Morgan fingerprint density at radius 1 is 1.44 bits per heavy atom. The molecule has 1 aliphatic heterocycles. The predicted octanol–water partition coefficient (Wildman–Crippen LogP) is 1.29. The van der Waals surface area contributed by atoms with E-state index in [0.717, 1.165) is 12.8 Å². The molecule has 0 aromatic heterocycles. The summed E-state index contributed by atoms with van der Waals surface area (Å²) in [6.07, 6.45) is 1.92. The highest BCUT2D eigenvalue weighted by molar-refractivity contribution is 5.80. The quantitative estimate of drug-likeness (QED) is 0.761. The summed E-state index contributed by atoms with van der Waals surface area (Å²) in [5, 5.41) is 11.6.